The molecule has 0 amide bonds. The molecule has 21 heavy (non-hydrogen) atoms. The Bertz CT molecular complexity index is 838. The number of rotatable bonds is 4. The van der Waals surface area contributed by atoms with Gasteiger partial charge in [-0.2, -0.15) is 5.10 Å². The van der Waals surface area contributed by atoms with E-state index in [1.165, 1.54) is 11.0 Å². The highest BCUT2D eigenvalue weighted by Gasteiger charge is 2.19. The number of tetrazole rings is 1. The molecule has 0 saturated carbocycles. The van der Waals surface area contributed by atoms with E-state index in [0.29, 0.717) is 11.4 Å². The van der Waals surface area contributed by atoms with Crippen LogP contribution in [0.1, 0.15) is 0 Å². The van der Waals surface area contributed by atoms with Gasteiger partial charge >= 0.3 is 0 Å². The molecule has 0 aliphatic rings. The zero-order chi connectivity index (χ0) is 14.9. The van der Waals surface area contributed by atoms with Gasteiger partial charge in [-0.05, 0) is 34.7 Å². The summed E-state index contributed by atoms with van der Waals surface area (Å²) in [7, 11) is -3.78. The van der Waals surface area contributed by atoms with Crippen molar-refractivity contribution < 1.29 is 8.42 Å². The number of nitrogens with one attached hydrogen (secondary N) is 2. The van der Waals surface area contributed by atoms with Crippen LogP contribution >= 0.6 is 0 Å². The topological polar surface area (TPSA) is 144 Å². The molecule has 4 N–H and O–H groups in total. The molecule has 11 heteroatoms. The van der Waals surface area contributed by atoms with Crippen molar-refractivity contribution >= 4 is 21.5 Å². The minimum Gasteiger partial charge on any atom is -0.383 e. The van der Waals surface area contributed by atoms with E-state index in [4.69, 9.17) is 5.73 Å². The first-order valence-electron chi connectivity index (χ1n) is 5.71. The number of anilines is 2. The molecule has 108 valence electrons. The monoisotopic (exact) mass is 306 g/mol. The Balaban J connectivity index is 1.84. The maximum absolute atomic E-state index is 12.1. The number of nitrogens with two attached hydrogens (primary N) is 1. The highest BCUT2D eigenvalue weighted by molar-refractivity contribution is 7.92. The lowest BCUT2D eigenvalue weighted by Crippen LogP contribution is -2.13. The van der Waals surface area contributed by atoms with Crippen LogP contribution in [0.4, 0.5) is 11.5 Å². The molecule has 3 rings (SSSR count). The largest absolute Gasteiger partial charge is 0.383 e. The molecule has 1 aromatic carbocycles. The predicted molar refractivity (Wildman–Crippen MR) is 73.0 cm³/mol. The lowest BCUT2D eigenvalue weighted by Gasteiger charge is -2.07. The van der Waals surface area contributed by atoms with Gasteiger partial charge in [0.2, 0.25) is 0 Å². The lowest BCUT2D eigenvalue weighted by atomic mass is 10.3. The fourth-order valence-corrected chi connectivity index (χ4v) is 2.75. The van der Waals surface area contributed by atoms with Gasteiger partial charge in [0.05, 0.1) is 11.9 Å². The maximum Gasteiger partial charge on any atom is 0.267 e. The van der Waals surface area contributed by atoms with E-state index in [1.54, 1.807) is 24.3 Å². The highest BCUT2D eigenvalue weighted by atomic mass is 32.2. The van der Waals surface area contributed by atoms with Gasteiger partial charge in [-0.1, -0.05) is 0 Å². The first kappa shape index (κ1) is 13.1. The highest BCUT2D eigenvalue weighted by Crippen LogP contribution is 2.20. The summed E-state index contributed by atoms with van der Waals surface area (Å²) in [5.41, 5.74) is 6.59. The van der Waals surface area contributed by atoms with E-state index in [2.05, 4.69) is 30.4 Å². The number of nitrogens with zero attached hydrogens (tertiary/aromatic N) is 5. The SMILES string of the molecule is Nc1[nH]ncc1S(=O)(=O)Nc1ccc(-n2cnnn2)cc1. The van der Waals surface area contributed by atoms with E-state index < -0.39 is 10.0 Å². The van der Waals surface area contributed by atoms with Crippen molar-refractivity contribution in [3.63, 3.8) is 0 Å². The third-order valence-electron chi connectivity index (χ3n) is 2.65. The summed E-state index contributed by atoms with van der Waals surface area (Å²) in [6, 6.07) is 6.52. The molecule has 0 radical (unpaired) electrons. The van der Waals surface area contributed by atoms with Gasteiger partial charge in [-0.3, -0.25) is 9.82 Å². The van der Waals surface area contributed by atoms with Crippen molar-refractivity contribution in [1.29, 1.82) is 0 Å². The molecule has 0 bridgehead atoms. The van der Waals surface area contributed by atoms with Gasteiger partial charge in [0.1, 0.15) is 17.0 Å². The number of aromatic nitrogens is 6. The molecule has 2 aromatic heterocycles. The molecule has 0 aliphatic heterocycles. The second-order valence-electron chi connectivity index (χ2n) is 4.05. The number of H-pyrrole nitrogens is 1. The van der Waals surface area contributed by atoms with E-state index >= 15 is 0 Å². The number of aromatic amines is 1. The Kier molecular flexibility index (Phi) is 3.02. The van der Waals surface area contributed by atoms with Crippen LogP contribution in [0.5, 0.6) is 0 Å². The fourth-order valence-electron chi connectivity index (χ4n) is 1.67. The van der Waals surface area contributed by atoms with Crippen LogP contribution in [0, 0.1) is 0 Å². The second-order valence-corrected chi connectivity index (χ2v) is 5.71. The third-order valence-corrected chi connectivity index (χ3v) is 4.06. The third kappa shape index (κ3) is 2.53. The quantitative estimate of drug-likeness (QED) is 0.603. The second kappa shape index (κ2) is 4.86. The summed E-state index contributed by atoms with van der Waals surface area (Å²) in [6.07, 6.45) is 2.58. The molecule has 0 atom stereocenters. The van der Waals surface area contributed by atoms with Crippen molar-refractivity contribution in [1.82, 2.24) is 30.4 Å². The minimum atomic E-state index is -3.78. The van der Waals surface area contributed by atoms with Gasteiger partial charge in [-0.25, -0.2) is 13.1 Å². The summed E-state index contributed by atoms with van der Waals surface area (Å²) >= 11 is 0. The first-order chi connectivity index (χ1) is 10.1. The Labute approximate surface area is 119 Å². The first-order valence-corrected chi connectivity index (χ1v) is 7.20. The molecular formula is C10H10N8O2S. The van der Waals surface area contributed by atoms with Gasteiger partial charge in [-0.15, -0.1) is 5.10 Å². The van der Waals surface area contributed by atoms with E-state index in [0.717, 1.165) is 6.20 Å². The van der Waals surface area contributed by atoms with Crippen molar-refractivity contribution in [2.75, 3.05) is 10.5 Å². The van der Waals surface area contributed by atoms with Crippen LogP contribution in [0.15, 0.2) is 41.7 Å². The number of sulfonamides is 1. The zero-order valence-electron chi connectivity index (χ0n) is 10.5. The maximum atomic E-state index is 12.1. The number of benzene rings is 1. The van der Waals surface area contributed by atoms with Crippen LogP contribution in [0.3, 0.4) is 0 Å². The van der Waals surface area contributed by atoms with Gasteiger partial charge < -0.3 is 5.73 Å². The molecule has 3 aromatic rings. The van der Waals surface area contributed by atoms with Gasteiger partial charge in [0.25, 0.3) is 10.0 Å². The molecule has 0 unspecified atom stereocenters. The summed E-state index contributed by atoms with van der Waals surface area (Å²) in [5.74, 6) is -0.0205. The number of hydrogen-bond donors (Lipinski definition) is 3. The predicted octanol–water partition coefficient (Wildman–Crippen LogP) is -0.232. The van der Waals surface area contributed by atoms with Crippen molar-refractivity contribution in [2.24, 2.45) is 0 Å². The average molecular weight is 306 g/mol. The Hall–Kier alpha value is -2.95. The number of hydrogen-bond acceptors (Lipinski definition) is 7. The van der Waals surface area contributed by atoms with Crippen LogP contribution in [0.2, 0.25) is 0 Å². The van der Waals surface area contributed by atoms with Gasteiger partial charge in [0.15, 0.2) is 0 Å². The normalized spacial score (nSPS) is 11.4. The van der Waals surface area contributed by atoms with Crippen LogP contribution in [-0.2, 0) is 10.0 Å². The molecule has 0 fully saturated rings. The minimum absolute atomic E-state index is 0.0205. The van der Waals surface area contributed by atoms with Crippen LogP contribution in [0.25, 0.3) is 5.69 Å². The summed E-state index contributed by atoms with van der Waals surface area (Å²) in [5, 5.41) is 16.7. The van der Waals surface area contributed by atoms with E-state index in [1.807, 2.05) is 0 Å². The van der Waals surface area contributed by atoms with Crippen molar-refractivity contribution in [3.05, 3.63) is 36.8 Å². The average Bonchev–Trinajstić information content (AvgIpc) is 3.10. The van der Waals surface area contributed by atoms with Crippen molar-refractivity contribution in [3.8, 4) is 5.69 Å². The fraction of sp³-hybridized carbons (Fsp3) is 0. The summed E-state index contributed by atoms with van der Waals surface area (Å²) in [4.78, 5) is -0.105. The molecule has 0 spiro atoms. The Morgan fingerprint density at radius 1 is 1.24 bits per heavy atom. The smallest absolute Gasteiger partial charge is 0.267 e. The zero-order valence-corrected chi connectivity index (χ0v) is 11.3. The number of nitrogen functional groups attached to an aromatic ring is 1. The Morgan fingerprint density at radius 3 is 2.57 bits per heavy atom. The molecule has 0 aliphatic carbocycles. The van der Waals surface area contributed by atoms with E-state index in [-0.39, 0.29) is 10.7 Å². The standard InChI is InChI=1S/C10H10N8O2S/c11-10-9(5-12-14-10)21(19,20)15-7-1-3-8(4-2-7)18-6-13-16-17-18/h1-6,15H,(H3,11,12,14). The van der Waals surface area contributed by atoms with Crippen LogP contribution < -0.4 is 10.5 Å². The van der Waals surface area contributed by atoms with Crippen LogP contribution in [-0.4, -0.2) is 38.8 Å². The molecule has 10 nitrogen and oxygen atoms in total. The summed E-state index contributed by atoms with van der Waals surface area (Å²) < 4.78 is 28.1. The molecule has 2 heterocycles. The lowest BCUT2D eigenvalue weighted by molar-refractivity contribution is 0.601. The van der Waals surface area contributed by atoms with Gasteiger partial charge in [0, 0.05) is 5.69 Å². The Morgan fingerprint density at radius 2 is 2.00 bits per heavy atom. The molecular weight excluding hydrogens is 296 g/mol. The van der Waals surface area contributed by atoms with Crippen molar-refractivity contribution in [2.45, 2.75) is 4.90 Å². The summed E-state index contributed by atoms with van der Waals surface area (Å²) in [6.45, 7) is 0. The van der Waals surface area contributed by atoms with E-state index in [9.17, 15) is 8.42 Å². The molecule has 0 saturated heterocycles.